The summed E-state index contributed by atoms with van der Waals surface area (Å²) in [6, 6.07) is 2.12. The van der Waals surface area contributed by atoms with Crippen LogP contribution in [0.5, 0.6) is 0 Å². The molecular weight excluding hydrogens is 423 g/mol. The van der Waals surface area contributed by atoms with E-state index >= 15 is 0 Å². The Morgan fingerprint density at radius 2 is 1.86 bits per heavy atom. The molecule has 13 heteroatoms. The first-order valence-corrected chi connectivity index (χ1v) is 9.70. The molecular formula is C15H14F3N3O5S2. The number of aliphatic hydroxyl groups is 1. The predicted molar refractivity (Wildman–Crippen MR) is 92.5 cm³/mol. The van der Waals surface area contributed by atoms with Gasteiger partial charge in [-0.1, -0.05) is 0 Å². The first kappa shape index (κ1) is 21.8. The minimum absolute atomic E-state index is 0.224. The van der Waals surface area contributed by atoms with Crippen LogP contribution in [0, 0.1) is 0 Å². The van der Waals surface area contributed by atoms with Crippen molar-refractivity contribution in [2.75, 3.05) is 5.32 Å². The van der Waals surface area contributed by atoms with E-state index in [0.717, 1.165) is 12.1 Å². The van der Waals surface area contributed by atoms with E-state index in [1.54, 1.807) is 0 Å². The smallest absolute Gasteiger partial charge is 0.381 e. The molecule has 0 aliphatic rings. The zero-order chi connectivity index (χ0) is 21.5. The van der Waals surface area contributed by atoms with Crippen LogP contribution in [0.15, 0.2) is 33.5 Å². The van der Waals surface area contributed by atoms with Crippen molar-refractivity contribution in [2.24, 2.45) is 5.73 Å². The van der Waals surface area contributed by atoms with Crippen LogP contribution in [0.25, 0.3) is 0 Å². The molecule has 0 atom stereocenters. The van der Waals surface area contributed by atoms with Gasteiger partial charge in [-0.2, -0.15) is 13.2 Å². The molecule has 0 radical (unpaired) electrons. The maximum absolute atomic E-state index is 12.6. The fourth-order valence-electron chi connectivity index (χ4n) is 1.86. The standard InChI is InChI=1S/C15H14F3N3O5S2/c1-14(2,24)13(23)21-12-8(11(19)22)5-10(27-12)28(25,26)7-3-4-9(20-6-7)15(16,17)18/h3-6,24H,1-2H3,(H2,19,22)(H,21,23). The molecule has 2 amide bonds. The highest BCUT2D eigenvalue weighted by Gasteiger charge is 2.33. The number of aromatic nitrogens is 1. The third-order valence-corrected chi connectivity index (χ3v) is 6.62. The van der Waals surface area contributed by atoms with Gasteiger partial charge in [0.1, 0.15) is 20.5 Å². The molecule has 0 bridgehead atoms. The van der Waals surface area contributed by atoms with Crippen molar-refractivity contribution < 1.29 is 36.3 Å². The number of nitrogens with one attached hydrogen (secondary N) is 1. The molecule has 0 aromatic carbocycles. The first-order valence-electron chi connectivity index (χ1n) is 7.40. The van der Waals surface area contributed by atoms with Crippen molar-refractivity contribution in [2.45, 2.75) is 34.7 Å². The average molecular weight is 437 g/mol. The molecule has 2 aromatic rings. The molecule has 0 unspecified atom stereocenters. The van der Waals surface area contributed by atoms with Crippen LogP contribution >= 0.6 is 11.3 Å². The van der Waals surface area contributed by atoms with Crippen LogP contribution < -0.4 is 11.1 Å². The highest BCUT2D eigenvalue weighted by molar-refractivity contribution is 7.93. The molecule has 2 heterocycles. The number of pyridine rings is 1. The van der Waals surface area contributed by atoms with Crippen molar-refractivity contribution in [3.8, 4) is 0 Å². The maximum Gasteiger partial charge on any atom is 0.433 e. The van der Waals surface area contributed by atoms with Gasteiger partial charge in [-0.3, -0.25) is 14.6 Å². The van der Waals surface area contributed by atoms with E-state index < -0.39 is 48.2 Å². The highest BCUT2D eigenvalue weighted by Crippen LogP contribution is 2.35. The van der Waals surface area contributed by atoms with Crippen molar-refractivity contribution in [3.05, 3.63) is 35.7 Å². The number of thiophene rings is 1. The first-order chi connectivity index (χ1) is 12.6. The quantitative estimate of drug-likeness (QED) is 0.652. The molecule has 0 spiro atoms. The second-order valence-corrected chi connectivity index (χ2v) is 9.29. The summed E-state index contributed by atoms with van der Waals surface area (Å²) < 4.78 is 62.6. The minimum Gasteiger partial charge on any atom is -0.381 e. The number of amides is 2. The molecule has 0 fully saturated rings. The minimum atomic E-state index is -4.74. The van der Waals surface area contributed by atoms with Gasteiger partial charge in [0.05, 0.1) is 10.5 Å². The van der Waals surface area contributed by atoms with Crippen molar-refractivity contribution >= 4 is 38.0 Å². The number of anilines is 1. The third kappa shape index (κ3) is 4.48. The van der Waals surface area contributed by atoms with Crippen LogP contribution in [-0.2, 0) is 20.8 Å². The van der Waals surface area contributed by atoms with Gasteiger partial charge in [0, 0.05) is 6.20 Å². The van der Waals surface area contributed by atoms with Gasteiger partial charge < -0.3 is 16.2 Å². The van der Waals surface area contributed by atoms with Crippen LogP contribution in [0.3, 0.4) is 0 Å². The topological polar surface area (TPSA) is 139 Å². The Bertz CT molecular complexity index is 1020. The Hall–Kier alpha value is -2.51. The summed E-state index contributed by atoms with van der Waals surface area (Å²) in [5, 5.41) is 11.7. The number of hydrogen-bond donors (Lipinski definition) is 3. The number of rotatable bonds is 5. The summed E-state index contributed by atoms with van der Waals surface area (Å²) in [5.74, 6) is -1.97. The molecule has 2 aromatic heterocycles. The number of carbonyl (C=O) groups is 2. The second kappa shape index (κ2) is 7.14. The fraction of sp³-hybridized carbons (Fsp3) is 0.267. The fourth-order valence-corrected chi connectivity index (χ4v) is 4.57. The Morgan fingerprint density at radius 3 is 2.29 bits per heavy atom. The van der Waals surface area contributed by atoms with Gasteiger partial charge in [0.15, 0.2) is 0 Å². The molecule has 0 saturated heterocycles. The number of nitrogens with two attached hydrogens (primary N) is 1. The zero-order valence-corrected chi connectivity index (χ0v) is 16.0. The normalized spacial score (nSPS) is 12.6. The molecule has 8 nitrogen and oxygen atoms in total. The number of carbonyl (C=O) groups excluding carboxylic acids is 2. The van der Waals surface area contributed by atoms with Gasteiger partial charge in [-0.15, -0.1) is 11.3 Å². The lowest BCUT2D eigenvalue weighted by molar-refractivity contribution is -0.141. The number of hydrogen-bond acceptors (Lipinski definition) is 7. The van der Waals surface area contributed by atoms with E-state index in [9.17, 15) is 36.3 Å². The van der Waals surface area contributed by atoms with E-state index in [0.29, 0.717) is 23.6 Å². The molecule has 28 heavy (non-hydrogen) atoms. The molecule has 0 aliphatic carbocycles. The van der Waals surface area contributed by atoms with Crippen LogP contribution in [-0.4, -0.2) is 35.9 Å². The molecule has 152 valence electrons. The van der Waals surface area contributed by atoms with Gasteiger partial charge in [-0.25, -0.2) is 8.42 Å². The van der Waals surface area contributed by atoms with Gasteiger partial charge >= 0.3 is 6.18 Å². The number of alkyl halides is 3. The summed E-state index contributed by atoms with van der Waals surface area (Å²) in [6.45, 7) is 2.34. The Morgan fingerprint density at radius 1 is 1.25 bits per heavy atom. The SMILES string of the molecule is CC(C)(O)C(=O)Nc1sc(S(=O)(=O)c2ccc(C(F)(F)F)nc2)cc1C(N)=O. The van der Waals surface area contributed by atoms with E-state index in [-0.39, 0.29) is 10.6 Å². The maximum atomic E-state index is 12.6. The van der Waals surface area contributed by atoms with Gasteiger partial charge in [0.25, 0.3) is 11.8 Å². The summed E-state index contributed by atoms with van der Waals surface area (Å²) >= 11 is 0.462. The van der Waals surface area contributed by atoms with Gasteiger partial charge in [0.2, 0.25) is 9.84 Å². The van der Waals surface area contributed by atoms with Crippen LogP contribution in [0.2, 0.25) is 0 Å². The van der Waals surface area contributed by atoms with Crippen molar-refractivity contribution in [3.63, 3.8) is 0 Å². The summed E-state index contributed by atoms with van der Waals surface area (Å²) in [5.41, 5.74) is 1.76. The lowest BCUT2D eigenvalue weighted by Gasteiger charge is -2.16. The molecule has 0 saturated carbocycles. The molecule has 0 aliphatic heterocycles. The predicted octanol–water partition coefficient (Wildman–Crippen LogP) is 1.80. The Balaban J connectivity index is 2.47. The largest absolute Gasteiger partial charge is 0.433 e. The van der Waals surface area contributed by atoms with Crippen molar-refractivity contribution in [1.29, 1.82) is 0 Å². The molecule has 4 N–H and O–H groups in total. The monoisotopic (exact) mass is 437 g/mol. The van der Waals surface area contributed by atoms with E-state index in [4.69, 9.17) is 5.73 Å². The Labute approximate surface area is 161 Å². The summed E-state index contributed by atoms with van der Waals surface area (Å²) in [4.78, 5) is 26.0. The second-order valence-electron chi connectivity index (χ2n) is 6.07. The summed E-state index contributed by atoms with van der Waals surface area (Å²) in [6.07, 6.45) is -4.20. The van der Waals surface area contributed by atoms with E-state index in [1.807, 2.05) is 0 Å². The third-order valence-electron chi connectivity index (χ3n) is 3.36. The summed E-state index contributed by atoms with van der Waals surface area (Å²) in [7, 11) is -4.34. The average Bonchev–Trinajstić information content (AvgIpc) is 2.98. The molecule has 2 rings (SSSR count). The number of sulfone groups is 1. The van der Waals surface area contributed by atoms with E-state index in [1.165, 1.54) is 13.8 Å². The van der Waals surface area contributed by atoms with Crippen LogP contribution in [0.1, 0.15) is 29.9 Å². The van der Waals surface area contributed by atoms with Crippen molar-refractivity contribution in [1.82, 2.24) is 4.98 Å². The zero-order valence-electron chi connectivity index (χ0n) is 14.4. The lowest BCUT2D eigenvalue weighted by Crippen LogP contribution is -2.36. The van der Waals surface area contributed by atoms with Gasteiger partial charge in [-0.05, 0) is 32.0 Å². The number of nitrogens with zero attached hydrogens (tertiary/aromatic N) is 1. The number of halogens is 3. The van der Waals surface area contributed by atoms with Crippen LogP contribution in [0.4, 0.5) is 18.2 Å². The van der Waals surface area contributed by atoms with E-state index in [2.05, 4.69) is 10.3 Å². The highest BCUT2D eigenvalue weighted by atomic mass is 32.2. The Kier molecular flexibility index (Phi) is 5.56. The lowest BCUT2D eigenvalue weighted by atomic mass is 10.1. The number of primary amides is 1.